The normalized spacial score (nSPS) is 5.40. The second-order valence-corrected chi connectivity index (χ2v) is 2.34. The Kier molecular flexibility index (Phi) is 114. The van der Waals surface area contributed by atoms with Gasteiger partial charge in [-0.1, -0.05) is 13.8 Å². The zero-order chi connectivity index (χ0) is 8.12. The molecule has 0 aliphatic rings. The first kappa shape index (κ1) is 22.4. The molecule has 0 bridgehead atoms. The number of hydrogen-bond donors (Lipinski definition) is 0. The van der Waals surface area contributed by atoms with Gasteiger partial charge in [0.1, 0.15) is 0 Å². The summed E-state index contributed by atoms with van der Waals surface area (Å²) in [6, 6.07) is 0. The van der Waals surface area contributed by atoms with Gasteiger partial charge in [0.25, 0.3) is 0 Å². The molecule has 0 heterocycles. The molecule has 0 fully saturated rings. The van der Waals surface area contributed by atoms with E-state index in [1.807, 2.05) is 11.8 Å². The van der Waals surface area contributed by atoms with E-state index in [2.05, 4.69) is 27.7 Å². The summed E-state index contributed by atoms with van der Waals surface area (Å²) in [5.41, 5.74) is 0. The first-order valence-corrected chi connectivity index (χ1v) is 4.56. The number of rotatable bonds is 2. The molecule has 0 amide bonds. The molecule has 0 rings (SSSR count). The predicted molar refractivity (Wildman–Crippen MR) is 50.7 cm³/mol. The summed E-state index contributed by atoms with van der Waals surface area (Å²) >= 11 is 1.96. The van der Waals surface area contributed by atoms with E-state index >= 15 is 0 Å². The number of thioether (sulfide) groups is 1. The summed E-state index contributed by atoms with van der Waals surface area (Å²) in [5, 5.41) is 0. The van der Waals surface area contributed by atoms with Crippen molar-refractivity contribution in [2.24, 2.45) is 0 Å². The Labute approximate surface area is 84.3 Å². The largest absolute Gasteiger partial charge is 2.00 e. The van der Waals surface area contributed by atoms with Crippen molar-refractivity contribution >= 4 is 11.8 Å². The minimum atomic E-state index is 0. The van der Waals surface area contributed by atoms with E-state index in [-0.39, 0.29) is 19.5 Å². The maximum atomic E-state index is 3.25. The zero-order valence-corrected chi connectivity index (χ0v) is 11.7. The second-order valence-electron chi connectivity index (χ2n) is 0.781. The molecule has 0 aromatic carbocycles. The first-order chi connectivity index (χ1) is 4.41. The van der Waals surface area contributed by atoms with Crippen LogP contribution in [0.3, 0.4) is 0 Å². The van der Waals surface area contributed by atoms with Gasteiger partial charge >= 0.3 is 19.5 Å². The van der Waals surface area contributed by atoms with Crippen LogP contribution in [0.1, 0.15) is 27.7 Å². The van der Waals surface area contributed by atoms with Crippen LogP contribution in [-0.2, 0) is 19.5 Å². The molecule has 0 N–H and O–H groups in total. The van der Waals surface area contributed by atoms with Crippen LogP contribution >= 0.6 is 11.8 Å². The maximum Gasteiger partial charge on any atom is 2.00 e. The van der Waals surface area contributed by atoms with Crippen LogP contribution in [0.5, 0.6) is 0 Å². The van der Waals surface area contributed by atoms with Crippen molar-refractivity contribution in [3.05, 3.63) is 13.8 Å². The van der Waals surface area contributed by atoms with E-state index in [0.717, 1.165) is 0 Å². The van der Waals surface area contributed by atoms with Crippen molar-refractivity contribution < 1.29 is 19.5 Å². The molecule has 0 aliphatic carbocycles. The summed E-state index contributed by atoms with van der Waals surface area (Å²) in [6.45, 7) is 14.3. The van der Waals surface area contributed by atoms with Gasteiger partial charge in [0.05, 0.1) is 0 Å². The molecule has 10 heavy (non-hydrogen) atoms. The fraction of sp³-hybridized carbons (Fsp3) is 0.750. The van der Waals surface area contributed by atoms with Gasteiger partial charge in [-0.05, 0) is 11.5 Å². The van der Waals surface area contributed by atoms with Crippen molar-refractivity contribution in [2.75, 3.05) is 11.5 Å². The first-order valence-electron chi connectivity index (χ1n) is 3.41. The Morgan fingerprint density at radius 1 is 0.900 bits per heavy atom. The van der Waals surface area contributed by atoms with Crippen LogP contribution in [0.25, 0.3) is 0 Å². The number of hydrogen-bond acceptors (Lipinski definition) is 1. The molecule has 0 atom stereocenters. The monoisotopic (exact) mass is 212 g/mol. The molecular weight excluding hydrogens is 194 g/mol. The molecule has 0 radical (unpaired) electrons. The summed E-state index contributed by atoms with van der Waals surface area (Å²) < 4.78 is 0. The zero-order valence-electron chi connectivity index (χ0n) is 7.94. The fourth-order valence-corrected chi connectivity index (χ4v) is 0.612. The predicted octanol–water partition coefficient (Wildman–Crippen LogP) is 3.44. The Bertz CT molecular complexity index is 16.7. The Morgan fingerprint density at radius 3 is 1.10 bits per heavy atom. The van der Waals surface area contributed by atoms with Gasteiger partial charge in [-0.15, -0.1) is 0 Å². The maximum absolute atomic E-state index is 3.25. The average Bonchev–Trinajstić information content (AvgIpc) is 1.98. The quantitative estimate of drug-likeness (QED) is 0.500. The third-order valence-corrected chi connectivity index (χ3v) is 1.22. The third-order valence-electron chi connectivity index (χ3n) is 0.408. The molecule has 0 spiro atoms. The van der Waals surface area contributed by atoms with Gasteiger partial charge < -0.3 is 13.8 Å². The molecule has 60 valence electrons. The van der Waals surface area contributed by atoms with Gasteiger partial charge in [0, 0.05) is 0 Å². The smallest absolute Gasteiger partial charge is 0.346 e. The Balaban J connectivity index is -0.0000000315. The van der Waals surface area contributed by atoms with Crippen molar-refractivity contribution in [3.63, 3.8) is 0 Å². The van der Waals surface area contributed by atoms with Crippen molar-refractivity contribution in [1.82, 2.24) is 0 Å². The fourth-order valence-electron chi connectivity index (χ4n) is 0.204. The van der Waals surface area contributed by atoms with Gasteiger partial charge in [-0.2, -0.15) is 25.6 Å². The molecule has 0 aromatic rings. The van der Waals surface area contributed by atoms with Crippen LogP contribution in [-0.4, -0.2) is 11.5 Å². The molecule has 0 nitrogen and oxygen atoms in total. The third kappa shape index (κ3) is 64.5. The molecule has 0 aromatic heterocycles. The summed E-state index contributed by atoms with van der Waals surface area (Å²) in [7, 11) is 0. The summed E-state index contributed by atoms with van der Waals surface area (Å²) in [6.07, 6.45) is 0. The van der Waals surface area contributed by atoms with Gasteiger partial charge in [0.15, 0.2) is 0 Å². The summed E-state index contributed by atoms with van der Waals surface area (Å²) in [5.74, 6) is 2.52. The van der Waals surface area contributed by atoms with E-state index in [1.165, 1.54) is 11.5 Å². The van der Waals surface area contributed by atoms with Crippen LogP contribution in [0.4, 0.5) is 0 Å². The molecular formula is C8H20SZn. The average molecular weight is 214 g/mol. The molecule has 2 heteroatoms. The Morgan fingerprint density at radius 2 is 1.10 bits per heavy atom. The second kappa shape index (κ2) is 50.9. The van der Waals surface area contributed by atoms with Crippen LogP contribution in [0.15, 0.2) is 0 Å². The van der Waals surface area contributed by atoms with E-state index in [1.54, 1.807) is 13.8 Å². The standard InChI is InChI=1S/C4H10S.2C2H5.Zn/c1-3-5-4-2;2*1-2;/h3-4H2,1-2H3;2*1H2,2H3;/q;2*-1;+2. The van der Waals surface area contributed by atoms with E-state index in [0.29, 0.717) is 0 Å². The van der Waals surface area contributed by atoms with Gasteiger partial charge in [-0.25, -0.2) is 0 Å². The Hall–Kier alpha value is 0.973. The molecule has 0 unspecified atom stereocenters. The molecule has 0 aliphatic heterocycles. The van der Waals surface area contributed by atoms with Crippen molar-refractivity contribution in [2.45, 2.75) is 27.7 Å². The van der Waals surface area contributed by atoms with Crippen molar-refractivity contribution in [1.29, 1.82) is 0 Å². The van der Waals surface area contributed by atoms with E-state index < -0.39 is 0 Å². The van der Waals surface area contributed by atoms with Gasteiger partial charge in [-0.3, -0.25) is 0 Å². The van der Waals surface area contributed by atoms with Crippen LogP contribution in [0.2, 0.25) is 0 Å². The van der Waals surface area contributed by atoms with Crippen LogP contribution < -0.4 is 0 Å². The summed E-state index contributed by atoms with van der Waals surface area (Å²) in [4.78, 5) is 0. The van der Waals surface area contributed by atoms with Crippen LogP contribution in [0, 0.1) is 13.8 Å². The topological polar surface area (TPSA) is 0 Å². The molecule has 0 saturated carbocycles. The van der Waals surface area contributed by atoms with E-state index in [4.69, 9.17) is 0 Å². The van der Waals surface area contributed by atoms with Gasteiger partial charge in [0.2, 0.25) is 0 Å². The SMILES string of the molecule is CCSCC.[CH2-]C.[CH2-]C.[Zn+2]. The minimum Gasteiger partial charge on any atom is -0.346 e. The minimum absolute atomic E-state index is 0. The molecule has 0 saturated heterocycles. The van der Waals surface area contributed by atoms with E-state index in [9.17, 15) is 0 Å². The van der Waals surface area contributed by atoms with Crippen molar-refractivity contribution in [3.8, 4) is 0 Å².